The number of anilines is 1. The van der Waals surface area contributed by atoms with Crippen molar-refractivity contribution in [2.24, 2.45) is 0 Å². The Kier molecular flexibility index (Phi) is 5.36. The van der Waals surface area contributed by atoms with Gasteiger partial charge in [-0.2, -0.15) is 4.31 Å². The molecule has 7 nitrogen and oxygen atoms in total. The quantitative estimate of drug-likeness (QED) is 0.830. The Morgan fingerprint density at radius 3 is 2.80 bits per heavy atom. The number of nitrogens with zero attached hydrogens (tertiary/aromatic N) is 2. The average Bonchev–Trinajstić information content (AvgIpc) is 3.27. The Morgan fingerprint density at radius 2 is 2.16 bits per heavy atom. The first-order chi connectivity index (χ1) is 12.0. The fourth-order valence-electron chi connectivity index (χ4n) is 2.77. The third-order valence-corrected chi connectivity index (χ3v) is 6.52. The van der Waals surface area contributed by atoms with Crippen molar-refractivity contribution >= 4 is 32.4 Å². The van der Waals surface area contributed by atoms with E-state index in [1.165, 1.54) is 27.8 Å². The average molecular weight is 381 g/mol. The lowest BCUT2D eigenvalue weighted by molar-refractivity contribution is -0.119. The second-order valence-electron chi connectivity index (χ2n) is 5.50. The number of carbonyl (C=O) groups excluding carboxylic acids is 1. The zero-order chi connectivity index (χ0) is 17.9. The predicted molar refractivity (Wildman–Crippen MR) is 95.3 cm³/mol. The molecule has 0 spiro atoms. The van der Waals surface area contributed by atoms with Gasteiger partial charge in [-0.1, -0.05) is 0 Å². The fraction of sp³-hybridized carbons (Fsp3) is 0.375. The van der Waals surface area contributed by atoms with Gasteiger partial charge in [0.2, 0.25) is 15.9 Å². The summed E-state index contributed by atoms with van der Waals surface area (Å²) in [5.74, 6) is 0.267. The minimum absolute atomic E-state index is 0.157. The number of rotatable bonds is 6. The molecule has 0 saturated carbocycles. The van der Waals surface area contributed by atoms with Gasteiger partial charge in [0.25, 0.3) is 0 Å². The monoisotopic (exact) mass is 381 g/mol. The van der Waals surface area contributed by atoms with Crippen molar-refractivity contribution in [3.8, 4) is 5.75 Å². The molecule has 1 aliphatic rings. The summed E-state index contributed by atoms with van der Waals surface area (Å²) in [6, 6.07) is 5.54. The van der Waals surface area contributed by atoms with Gasteiger partial charge in [0, 0.05) is 18.1 Å². The lowest BCUT2D eigenvalue weighted by atomic mass is 10.2. The molecule has 1 amide bonds. The van der Waals surface area contributed by atoms with E-state index < -0.39 is 16.1 Å². The van der Waals surface area contributed by atoms with Gasteiger partial charge in [0.1, 0.15) is 11.8 Å². The topological polar surface area (TPSA) is 88.6 Å². The van der Waals surface area contributed by atoms with E-state index in [2.05, 4.69) is 10.3 Å². The van der Waals surface area contributed by atoms with E-state index in [9.17, 15) is 13.2 Å². The molecule has 9 heteroatoms. The molecular weight excluding hydrogens is 362 g/mol. The number of ether oxygens (including phenoxy) is 1. The molecule has 0 bridgehead atoms. The fourth-order valence-corrected chi connectivity index (χ4v) is 4.96. The molecule has 1 saturated heterocycles. The second kappa shape index (κ2) is 7.51. The Morgan fingerprint density at radius 1 is 1.40 bits per heavy atom. The summed E-state index contributed by atoms with van der Waals surface area (Å²) in [6.07, 6.45) is 2.73. The summed E-state index contributed by atoms with van der Waals surface area (Å²) in [5.41, 5.74) is 0. The molecule has 0 aliphatic carbocycles. The number of aromatic nitrogens is 1. The Hall–Kier alpha value is -1.97. The van der Waals surface area contributed by atoms with Crippen molar-refractivity contribution in [3.63, 3.8) is 0 Å². The van der Waals surface area contributed by atoms with Gasteiger partial charge < -0.3 is 10.1 Å². The lowest BCUT2D eigenvalue weighted by Gasteiger charge is -2.23. The van der Waals surface area contributed by atoms with E-state index in [0.29, 0.717) is 36.9 Å². The Labute approximate surface area is 150 Å². The molecule has 1 fully saturated rings. The van der Waals surface area contributed by atoms with Crippen LogP contribution in [0.2, 0.25) is 0 Å². The van der Waals surface area contributed by atoms with Crippen LogP contribution in [-0.4, -0.2) is 42.8 Å². The molecule has 134 valence electrons. The van der Waals surface area contributed by atoms with Gasteiger partial charge in [0.05, 0.1) is 11.5 Å². The van der Waals surface area contributed by atoms with E-state index >= 15 is 0 Å². The third-order valence-electron chi connectivity index (χ3n) is 3.91. The largest absolute Gasteiger partial charge is 0.494 e. The van der Waals surface area contributed by atoms with Crippen LogP contribution in [-0.2, 0) is 14.8 Å². The maximum absolute atomic E-state index is 12.9. The van der Waals surface area contributed by atoms with Gasteiger partial charge in [-0.25, -0.2) is 13.4 Å². The standard InChI is InChI=1S/C16H19N3O4S2/c1-2-23-12-5-7-13(8-6-12)25(21,22)19-10-3-4-14(19)15(20)18-16-17-9-11-24-16/h5-9,11,14H,2-4,10H2,1H3,(H,17,18,20). The molecule has 1 aromatic heterocycles. The van der Waals surface area contributed by atoms with Crippen LogP contribution in [0.4, 0.5) is 5.13 Å². The molecule has 1 atom stereocenters. The molecule has 1 unspecified atom stereocenters. The number of hydrogen-bond donors (Lipinski definition) is 1. The predicted octanol–water partition coefficient (Wildman–Crippen LogP) is 2.33. The number of thiazole rings is 1. The maximum atomic E-state index is 12.9. The SMILES string of the molecule is CCOc1ccc(S(=O)(=O)N2CCCC2C(=O)Nc2nccs2)cc1. The molecule has 2 aromatic rings. The molecule has 1 aromatic carbocycles. The molecule has 2 heterocycles. The highest BCUT2D eigenvalue weighted by Crippen LogP contribution is 2.28. The van der Waals surface area contributed by atoms with Gasteiger partial charge in [-0.05, 0) is 44.0 Å². The highest BCUT2D eigenvalue weighted by atomic mass is 32.2. The minimum atomic E-state index is -3.74. The first-order valence-electron chi connectivity index (χ1n) is 7.97. The summed E-state index contributed by atoms with van der Waals surface area (Å²) in [4.78, 5) is 16.6. The Bertz CT molecular complexity index is 820. The molecular formula is C16H19N3O4S2. The summed E-state index contributed by atoms with van der Waals surface area (Å²) in [6.45, 7) is 2.70. The van der Waals surface area contributed by atoms with Crippen LogP contribution >= 0.6 is 11.3 Å². The van der Waals surface area contributed by atoms with E-state index in [4.69, 9.17) is 4.74 Å². The van der Waals surface area contributed by atoms with E-state index in [1.54, 1.807) is 23.7 Å². The van der Waals surface area contributed by atoms with E-state index in [1.807, 2.05) is 6.92 Å². The third kappa shape index (κ3) is 3.83. The first-order valence-corrected chi connectivity index (χ1v) is 10.3. The zero-order valence-corrected chi connectivity index (χ0v) is 15.3. The van der Waals surface area contributed by atoms with E-state index in [-0.39, 0.29) is 10.8 Å². The van der Waals surface area contributed by atoms with Crippen LogP contribution in [0.5, 0.6) is 5.75 Å². The number of amides is 1. The zero-order valence-electron chi connectivity index (χ0n) is 13.7. The van der Waals surface area contributed by atoms with Crippen LogP contribution < -0.4 is 10.1 Å². The molecule has 0 radical (unpaired) electrons. The highest BCUT2D eigenvalue weighted by Gasteiger charge is 2.39. The number of sulfonamides is 1. The van der Waals surface area contributed by atoms with Crippen molar-refractivity contribution in [1.82, 2.24) is 9.29 Å². The summed E-state index contributed by atoms with van der Waals surface area (Å²) >= 11 is 1.30. The van der Waals surface area contributed by atoms with Crippen LogP contribution in [0.15, 0.2) is 40.7 Å². The highest BCUT2D eigenvalue weighted by molar-refractivity contribution is 7.89. The molecule has 1 N–H and O–H groups in total. The lowest BCUT2D eigenvalue weighted by Crippen LogP contribution is -2.43. The van der Waals surface area contributed by atoms with Gasteiger partial charge >= 0.3 is 0 Å². The van der Waals surface area contributed by atoms with Crippen molar-refractivity contribution in [2.75, 3.05) is 18.5 Å². The maximum Gasteiger partial charge on any atom is 0.244 e. The normalized spacial score (nSPS) is 18.2. The molecule has 1 aliphatic heterocycles. The van der Waals surface area contributed by atoms with Crippen molar-refractivity contribution < 1.29 is 17.9 Å². The van der Waals surface area contributed by atoms with E-state index in [0.717, 1.165) is 0 Å². The van der Waals surface area contributed by atoms with Crippen LogP contribution in [0.1, 0.15) is 19.8 Å². The molecule has 3 rings (SSSR count). The van der Waals surface area contributed by atoms with Crippen LogP contribution in [0, 0.1) is 0 Å². The minimum Gasteiger partial charge on any atom is -0.494 e. The molecule has 25 heavy (non-hydrogen) atoms. The van der Waals surface area contributed by atoms with Crippen molar-refractivity contribution in [2.45, 2.75) is 30.7 Å². The van der Waals surface area contributed by atoms with Gasteiger partial charge in [-0.3, -0.25) is 4.79 Å². The van der Waals surface area contributed by atoms with Crippen LogP contribution in [0.25, 0.3) is 0 Å². The van der Waals surface area contributed by atoms with Crippen molar-refractivity contribution in [3.05, 3.63) is 35.8 Å². The second-order valence-corrected chi connectivity index (χ2v) is 8.29. The first kappa shape index (κ1) is 17.8. The number of carbonyl (C=O) groups is 1. The van der Waals surface area contributed by atoms with Gasteiger partial charge in [-0.15, -0.1) is 11.3 Å². The summed E-state index contributed by atoms with van der Waals surface area (Å²) in [5, 5.41) is 4.90. The number of benzene rings is 1. The van der Waals surface area contributed by atoms with Crippen LogP contribution in [0.3, 0.4) is 0 Å². The Balaban J connectivity index is 1.79. The smallest absolute Gasteiger partial charge is 0.244 e. The van der Waals surface area contributed by atoms with Crippen molar-refractivity contribution in [1.29, 1.82) is 0 Å². The van der Waals surface area contributed by atoms with Gasteiger partial charge in [0.15, 0.2) is 5.13 Å². The summed E-state index contributed by atoms with van der Waals surface area (Å²) < 4.78 is 32.4. The number of nitrogens with one attached hydrogen (secondary N) is 1. The summed E-state index contributed by atoms with van der Waals surface area (Å²) in [7, 11) is -3.74. The number of hydrogen-bond acceptors (Lipinski definition) is 6.